The maximum absolute atomic E-state index is 15.0. The van der Waals surface area contributed by atoms with Crippen molar-refractivity contribution in [1.82, 2.24) is 4.98 Å². The van der Waals surface area contributed by atoms with Gasteiger partial charge in [-0.25, -0.2) is 17.6 Å². The van der Waals surface area contributed by atoms with E-state index in [4.69, 9.17) is 4.74 Å². The lowest BCUT2D eigenvalue weighted by Gasteiger charge is -2.12. The number of allylic oxidation sites excluding steroid dienone is 1. The van der Waals surface area contributed by atoms with Gasteiger partial charge in [-0.1, -0.05) is 30.3 Å². The van der Waals surface area contributed by atoms with Gasteiger partial charge >= 0.3 is 0 Å². The zero-order chi connectivity index (χ0) is 25.1. The number of pyridine rings is 1. The van der Waals surface area contributed by atoms with Gasteiger partial charge in [0.05, 0.1) is 12.3 Å². The summed E-state index contributed by atoms with van der Waals surface area (Å²) in [6.45, 7) is 5.37. The van der Waals surface area contributed by atoms with E-state index in [0.29, 0.717) is 12.1 Å². The normalized spacial score (nSPS) is 10.9. The van der Waals surface area contributed by atoms with E-state index in [2.05, 4.69) is 11.6 Å². The molecule has 0 aliphatic rings. The molecule has 0 bridgehead atoms. The molecule has 0 aliphatic carbocycles. The Kier molecular flexibility index (Phi) is 6.96. The third kappa shape index (κ3) is 4.67. The van der Waals surface area contributed by atoms with Crippen LogP contribution in [0.15, 0.2) is 73.4 Å². The Balaban J connectivity index is 1.69. The minimum absolute atomic E-state index is 0.0795. The van der Waals surface area contributed by atoms with Crippen LogP contribution in [0.1, 0.15) is 12.5 Å². The van der Waals surface area contributed by atoms with Gasteiger partial charge in [0.15, 0.2) is 23.2 Å². The van der Waals surface area contributed by atoms with Gasteiger partial charge in [0.25, 0.3) is 0 Å². The average Bonchev–Trinajstić information content (AvgIpc) is 2.85. The Labute approximate surface area is 199 Å². The van der Waals surface area contributed by atoms with E-state index in [0.717, 1.165) is 29.8 Å². The number of rotatable bonds is 7. The summed E-state index contributed by atoms with van der Waals surface area (Å²) < 4.78 is 78.5. The lowest BCUT2D eigenvalue weighted by atomic mass is 9.97. The van der Waals surface area contributed by atoms with Gasteiger partial charge in [-0.2, -0.15) is 4.39 Å². The van der Waals surface area contributed by atoms with Crippen molar-refractivity contribution in [2.75, 3.05) is 6.61 Å². The Bertz CT molecular complexity index is 1400. The summed E-state index contributed by atoms with van der Waals surface area (Å²) in [4.78, 5) is 4.24. The summed E-state index contributed by atoms with van der Waals surface area (Å²) in [5.41, 5.74) is 0.434. The summed E-state index contributed by atoms with van der Waals surface area (Å²) in [6, 6.07) is 12.0. The third-order valence-corrected chi connectivity index (χ3v) is 5.48. The molecule has 0 amide bonds. The minimum Gasteiger partial charge on any atom is -0.491 e. The number of aromatic nitrogens is 1. The highest BCUT2D eigenvalue weighted by atomic mass is 19.2. The molecule has 4 aromatic rings. The van der Waals surface area contributed by atoms with E-state index in [-0.39, 0.29) is 29.0 Å². The Morgan fingerprint density at radius 2 is 1.40 bits per heavy atom. The van der Waals surface area contributed by atoms with Crippen LogP contribution in [0.2, 0.25) is 0 Å². The molecule has 2 nitrogen and oxygen atoms in total. The molecule has 0 unspecified atom stereocenters. The van der Waals surface area contributed by atoms with Crippen LogP contribution in [-0.2, 0) is 6.42 Å². The Morgan fingerprint density at radius 3 is 2.03 bits per heavy atom. The van der Waals surface area contributed by atoms with Crippen molar-refractivity contribution in [2.45, 2.75) is 13.3 Å². The molecule has 1 aromatic heterocycles. The predicted octanol–water partition coefficient (Wildman–Crippen LogP) is 7.91. The fourth-order valence-corrected chi connectivity index (χ4v) is 3.75. The fourth-order valence-electron chi connectivity index (χ4n) is 3.75. The second-order valence-corrected chi connectivity index (χ2v) is 7.70. The Hall–Kier alpha value is -4.00. The highest BCUT2D eigenvalue weighted by Gasteiger charge is 2.22. The third-order valence-electron chi connectivity index (χ3n) is 5.48. The Morgan fingerprint density at radius 1 is 0.771 bits per heavy atom. The summed E-state index contributed by atoms with van der Waals surface area (Å²) in [6.07, 6.45) is 3.97. The molecular formula is C28H20F5NO. The average molecular weight is 481 g/mol. The number of benzene rings is 3. The standard InChI is InChI=1S/C28H20F5NO/c1-3-5-16-6-12-23(34-15-16)21-8-7-17(14-22(21)29)18-9-10-19(26(31)25(18)30)20-11-13-24(35-4-2)28(33)27(20)32/h3,6-15H,1,4-5H2,2H3. The first-order chi connectivity index (χ1) is 16.8. The number of ether oxygens (including phenoxy) is 1. The molecule has 0 aliphatic heterocycles. The second kappa shape index (κ2) is 10.1. The minimum atomic E-state index is -1.38. The van der Waals surface area contributed by atoms with Crippen LogP contribution in [-0.4, -0.2) is 11.6 Å². The van der Waals surface area contributed by atoms with Crippen molar-refractivity contribution in [3.05, 3.63) is 108 Å². The summed E-state index contributed by atoms with van der Waals surface area (Å²) >= 11 is 0. The van der Waals surface area contributed by atoms with Crippen LogP contribution >= 0.6 is 0 Å². The lowest BCUT2D eigenvalue weighted by molar-refractivity contribution is 0.314. The van der Waals surface area contributed by atoms with Crippen molar-refractivity contribution < 1.29 is 26.7 Å². The smallest absolute Gasteiger partial charge is 0.201 e. The van der Waals surface area contributed by atoms with Gasteiger partial charge in [-0.3, -0.25) is 4.98 Å². The molecule has 3 aromatic carbocycles. The summed E-state index contributed by atoms with van der Waals surface area (Å²) in [7, 11) is 0. The van der Waals surface area contributed by atoms with Crippen molar-refractivity contribution >= 4 is 0 Å². The fraction of sp³-hybridized carbons (Fsp3) is 0.107. The lowest BCUT2D eigenvalue weighted by Crippen LogP contribution is -2.01. The largest absolute Gasteiger partial charge is 0.491 e. The summed E-state index contributed by atoms with van der Waals surface area (Å²) in [5.74, 6) is -6.34. The molecule has 178 valence electrons. The first-order valence-corrected chi connectivity index (χ1v) is 10.8. The number of hydrogen-bond acceptors (Lipinski definition) is 2. The highest BCUT2D eigenvalue weighted by molar-refractivity contribution is 5.74. The number of hydrogen-bond donors (Lipinski definition) is 0. The molecule has 1 heterocycles. The van der Waals surface area contributed by atoms with Crippen LogP contribution < -0.4 is 4.74 Å². The quantitative estimate of drug-likeness (QED) is 0.198. The second-order valence-electron chi connectivity index (χ2n) is 7.70. The van der Waals surface area contributed by atoms with Crippen molar-refractivity contribution in [3.8, 4) is 39.3 Å². The number of nitrogens with zero attached hydrogens (tertiary/aromatic N) is 1. The van der Waals surface area contributed by atoms with Crippen LogP contribution in [0, 0.1) is 29.1 Å². The number of halogens is 5. The predicted molar refractivity (Wildman–Crippen MR) is 125 cm³/mol. The van der Waals surface area contributed by atoms with Gasteiger partial charge in [0.2, 0.25) is 5.82 Å². The van der Waals surface area contributed by atoms with Gasteiger partial charge in [-0.15, -0.1) is 6.58 Å². The maximum Gasteiger partial charge on any atom is 0.201 e. The first kappa shape index (κ1) is 24.1. The van der Waals surface area contributed by atoms with Crippen molar-refractivity contribution in [2.24, 2.45) is 0 Å². The van der Waals surface area contributed by atoms with E-state index >= 15 is 0 Å². The van der Waals surface area contributed by atoms with Crippen molar-refractivity contribution in [1.29, 1.82) is 0 Å². The zero-order valence-electron chi connectivity index (χ0n) is 18.7. The molecule has 0 fully saturated rings. The molecule has 0 N–H and O–H groups in total. The van der Waals surface area contributed by atoms with Crippen molar-refractivity contribution in [3.63, 3.8) is 0 Å². The van der Waals surface area contributed by atoms with E-state index in [9.17, 15) is 22.0 Å². The molecule has 0 spiro atoms. The SMILES string of the molecule is C=CCc1ccc(-c2ccc(-c3ccc(-c4ccc(OCC)c(F)c4F)c(F)c3F)cc2F)nc1. The van der Waals surface area contributed by atoms with Gasteiger partial charge in [0, 0.05) is 28.5 Å². The van der Waals surface area contributed by atoms with Gasteiger partial charge in [-0.05, 0) is 54.8 Å². The molecule has 4 rings (SSSR count). The van der Waals surface area contributed by atoms with Crippen LogP contribution in [0.3, 0.4) is 0 Å². The van der Waals surface area contributed by atoms with Crippen LogP contribution in [0.4, 0.5) is 22.0 Å². The van der Waals surface area contributed by atoms with E-state index in [1.165, 1.54) is 18.2 Å². The van der Waals surface area contributed by atoms with Crippen LogP contribution in [0.25, 0.3) is 33.5 Å². The van der Waals surface area contributed by atoms with Gasteiger partial charge < -0.3 is 4.74 Å². The zero-order valence-corrected chi connectivity index (χ0v) is 18.7. The van der Waals surface area contributed by atoms with E-state index < -0.39 is 40.2 Å². The van der Waals surface area contributed by atoms with Crippen LogP contribution in [0.5, 0.6) is 5.75 Å². The molecule has 0 radical (unpaired) electrons. The molecule has 35 heavy (non-hydrogen) atoms. The monoisotopic (exact) mass is 481 g/mol. The molecule has 7 heteroatoms. The molecular weight excluding hydrogens is 461 g/mol. The molecule has 0 saturated heterocycles. The van der Waals surface area contributed by atoms with Gasteiger partial charge in [0.1, 0.15) is 5.82 Å². The summed E-state index contributed by atoms with van der Waals surface area (Å²) in [5, 5.41) is 0. The maximum atomic E-state index is 15.0. The molecule has 0 saturated carbocycles. The highest BCUT2D eigenvalue weighted by Crippen LogP contribution is 2.36. The topological polar surface area (TPSA) is 22.1 Å². The molecule has 0 atom stereocenters. The van der Waals surface area contributed by atoms with E-state index in [1.54, 1.807) is 31.3 Å². The first-order valence-electron chi connectivity index (χ1n) is 10.8. The van der Waals surface area contributed by atoms with E-state index in [1.807, 2.05) is 0 Å².